The first-order valence-corrected chi connectivity index (χ1v) is 7.46. The smallest absolute Gasteiger partial charge is 0.493 e. The summed E-state index contributed by atoms with van der Waals surface area (Å²) in [5.41, 5.74) is 1.75. The molecule has 0 radical (unpaired) electrons. The molecule has 1 fully saturated rings. The van der Waals surface area contributed by atoms with Crippen LogP contribution in [-0.2, 0) is 9.31 Å². The summed E-state index contributed by atoms with van der Waals surface area (Å²) in [6.45, 7) is 11.3. The van der Waals surface area contributed by atoms with E-state index in [0.717, 1.165) is 24.2 Å². The molecule has 1 saturated heterocycles. The van der Waals surface area contributed by atoms with E-state index < -0.39 is 0 Å². The summed E-state index contributed by atoms with van der Waals surface area (Å²) in [5, 5.41) is 0. The predicted molar refractivity (Wildman–Crippen MR) is 80.7 cm³/mol. The highest BCUT2D eigenvalue weighted by Gasteiger charge is 2.51. The summed E-state index contributed by atoms with van der Waals surface area (Å²) in [4.78, 5) is 0. The van der Waals surface area contributed by atoms with Crippen molar-refractivity contribution in [2.24, 2.45) is 0 Å². The van der Waals surface area contributed by atoms with Gasteiger partial charge in [-0.1, -0.05) is 19.1 Å². The molecule has 0 bridgehead atoms. The SMILES string of the molecule is CC[C@@H]1COc2cc(B3OC(C)(C)C(C)(C)O3)ccc21. The second-order valence-electron chi connectivity index (χ2n) is 6.80. The second-order valence-corrected chi connectivity index (χ2v) is 6.80. The Morgan fingerprint density at radius 3 is 2.40 bits per heavy atom. The van der Waals surface area contributed by atoms with Crippen molar-refractivity contribution in [3.63, 3.8) is 0 Å². The lowest BCUT2D eigenvalue weighted by Crippen LogP contribution is -2.41. The standard InChI is InChI=1S/C16H23BO3/c1-6-11-10-18-14-9-12(7-8-13(11)14)17-19-15(2,3)16(4,5)20-17/h7-9,11H,6,10H2,1-5H3/t11-/m1/s1. The number of ether oxygens (including phenoxy) is 1. The minimum absolute atomic E-state index is 0.302. The summed E-state index contributed by atoms with van der Waals surface area (Å²) in [7, 11) is -0.311. The van der Waals surface area contributed by atoms with Gasteiger partial charge >= 0.3 is 7.12 Å². The number of hydrogen-bond donors (Lipinski definition) is 0. The zero-order valence-corrected chi connectivity index (χ0v) is 13.0. The molecule has 2 aliphatic rings. The highest BCUT2D eigenvalue weighted by molar-refractivity contribution is 6.62. The lowest BCUT2D eigenvalue weighted by atomic mass is 9.78. The maximum Gasteiger partial charge on any atom is 0.494 e. The molecule has 0 spiro atoms. The van der Waals surface area contributed by atoms with E-state index >= 15 is 0 Å². The molecule has 1 aromatic carbocycles. The van der Waals surface area contributed by atoms with Crippen molar-refractivity contribution < 1.29 is 14.0 Å². The molecule has 3 nitrogen and oxygen atoms in total. The number of hydrogen-bond acceptors (Lipinski definition) is 3. The first-order valence-electron chi connectivity index (χ1n) is 7.46. The molecule has 2 aliphatic heterocycles. The van der Waals surface area contributed by atoms with Crippen LogP contribution in [0.5, 0.6) is 5.75 Å². The van der Waals surface area contributed by atoms with Crippen molar-refractivity contribution in [3.05, 3.63) is 23.8 Å². The minimum Gasteiger partial charge on any atom is -0.493 e. The Bertz CT molecular complexity index is 508. The van der Waals surface area contributed by atoms with Gasteiger partial charge in [0, 0.05) is 11.5 Å². The molecular weight excluding hydrogens is 251 g/mol. The summed E-state index contributed by atoms with van der Waals surface area (Å²) >= 11 is 0. The molecule has 0 aliphatic carbocycles. The lowest BCUT2D eigenvalue weighted by molar-refractivity contribution is 0.00578. The maximum absolute atomic E-state index is 6.09. The van der Waals surface area contributed by atoms with Gasteiger partial charge in [-0.15, -0.1) is 0 Å². The third-order valence-electron chi connectivity index (χ3n) is 4.94. The third kappa shape index (κ3) is 2.06. The van der Waals surface area contributed by atoms with E-state index in [-0.39, 0.29) is 18.3 Å². The van der Waals surface area contributed by atoms with E-state index in [1.807, 2.05) is 0 Å². The molecule has 0 amide bonds. The van der Waals surface area contributed by atoms with Crippen LogP contribution in [0.3, 0.4) is 0 Å². The lowest BCUT2D eigenvalue weighted by Gasteiger charge is -2.32. The normalized spacial score (nSPS) is 26.4. The molecule has 1 aromatic rings. The van der Waals surface area contributed by atoms with Crippen LogP contribution in [0.25, 0.3) is 0 Å². The van der Waals surface area contributed by atoms with Crippen LogP contribution in [0, 0.1) is 0 Å². The van der Waals surface area contributed by atoms with Crippen LogP contribution < -0.4 is 10.2 Å². The zero-order chi connectivity index (χ0) is 14.5. The summed E-state index contributed by atoms with van der Waals surface area (Å²) in [6.07, 6.45) is 1.11. The van der Waals surface area contributed by atoms with Crippen LogP contribution in [-0.4, -0.2) is 24.9 Å². The average Bonchev–Trinajstić information content (AvgIpc) is 2.87. The van der Waals surface area contributed by atoms with E-state index in [1.165, 1.54) is 5.56 Å². The van der Waals surface area contributed by atoms with Gasteiger partial charge in [-0.05, 0) is 45.6 Å². The van der Waals surface area contributed by atoms with E-state index in [1.54, 1.807) is 0 Å². The highest BCUT2D eigenvalue weighted by atomic mass is 16.7. The van der Waals surface area contributed by atoms with Crippen molar-refractivity contribution in [3.8, 4) is 5.75 Å². The first-order chi connectivity index (χ1) is 9.34. The van der Waals surface area contributed by atoms with Crippen LogP contribution in [0.1, 0.15) is 52.5 Å². The Morgan fingerprint density at radius 1 is 1.15 bits per heavy atom. The molecule has 20 heavy (non-hydrogen) atoms. The number of rotatable bonds is 2. The average molecular weight is 274 g/mol. The fourth-order valence-electron chi connectivity index (χ4n) is 2.76. The fourth-order valence-corrected chi connectivity index (χ4v) is 2.76. The van der Waals surface area contributed by atoms with E-state index in [4.69, 9.17) is 14.0 Å². The van der Waals surface area contributed by atoms with Crippen molar-refractivity contribution in [1.29, 1.82) is 0 Å². The quantitative estimate of drug-likeness (QED) is 0.776. The Hall–Kier alpha value is -0.995. The Kier molecular flexibility index (Phi) is 3.14. The Morgan fingerprint density at radius 2 is 1.80 bits per heavy atom. The van der Waals surface area contributed by atoms with Gasteiger partial charge in [0.25, 0.3) is 0 Å². The molecule has 4 heteroatoms. The molecule has 0 N–H and O–H groups in total. The Labute approximate surface area is 121 Å². The largest absolute Gasteiger partial charge is 0.494 e. The third-order valence-corrected chi connectivity index (χ3v) is 4.94. The van der Waals surface area contributed by atoms with Gasteiger partial charge in [-0.2, -0.15) is 0 Å². The second kappa shape index (κ2) is 4.50. The van der Waals surface area contributed by atoms with Crippen molar-refractivity contribution >= 4 is 12.6 Å². The summed E-state index contributed by atoms with van der Waals surface area (Å²) in [5.74, 6) is 1.52. The topological polar surface area (TPSA) is 27.7 Å². The zero-order valence-electron chi connectivity index (χ0n) is 13.0. The van der Waals surface area contributed by atoms with Crippen LogP contribution >= 0.6 is 0 Å². The van der Waals surface area contributed by atoms with Crippen LogP contribution in [0.4, 0.5) is 0 Å². The predicted octanol–water partition coefficient (Wildman–Crippen LogP) is 2.87. The minimum atomic E-state index is -0.311. The van der Waals surface area contributed by atoms with Crippen molar-refractivity contribution in [2.75, 3.05) is 6.61 Å². The van der Waals surface area contributed by atoms with Gasteiger partial charge in [0.15, 0.2) is 0 Å². The molecule has 3 rings (SSSR count). The van der Waals surface area contributed by atoms with Crippen molar-refractivity contribution in [1.82, 2.24) is 0 Å². The van der Waals surface area contributed by atoms with Gasteiger partial charge in [0.1, 0.15) is 5.75 Å². The molecule has 108 valence electrons. The van der Waals surface area contributed by atoms with E-state index in [2.05, 4.69) is 52.8 Å². The fraction of sp³-hybridized carbons (Fsp3) is 0.625. The van der Waals surface area contributed by atoms with E-state index in [0.29, 0.717) is 5.92 Å². The van der Waals surface area contributed by atoms with Gasteiger partial charge in [-0.3, -0.25) is 0 Å². The van der Waals surface area contributed by atoms with Gasteiger partial charge < -0.3 is 14.0 Å². The van der Waals surface area contributed by atoms with Gasteiger partial charge in [0.2, 0.25) is 0 Å². The van der Waals surface area contributed by atoms with Gasteiger partial charge in [0.05, 0.1) is 17.8 Å². The maximum atomic E-state index is 6.09. The molecular formula is C16H23BO3. The molecule has 1 atom stereocenters. The van der Waals surface area contributed by atoms with Crippen molar-refractivity contribution in [2.45, 2.75) is 58.2 Å². The molecule has 0 aromatic heterocycles. The molecule has 0 unspecified atom stereocenters. The molecule has 2 heterocycles. The number of benzene rings is 1. The summed E-state index contributed by atoms with van der Waals surface area (Å²) < 4.78 is 18.0. The van der Waals surface area contributed by atoms with Gasteiger partial charge in [-0.25, -0.2) is 0 Å². The van der Waals surface area contributed by atoms with Crippen LogP contribution in [0.2, 0.25) is 0 Å². The Balaban J connectivity index is 1.87. The summed E-state index contributed by atoms with van der Waals surface area (Å²) in [6, 6.07) is 6.35. The van der Waals surface area contributed by atoms with Crippen LogP contribution in [0.15, 0.2) is 18.2 Å². The molecule has 0 saturated carbocycles. The number of fused-ring (bicyclic) bond motifs is 1. The van der Waals surface area contributed by atoms with E-state index in [9.17, 15) is 0 Å². The monoisotopic (exact) mass is 274 g/mol. The first kappa shape index (κ1) is 14.0. The highest BCUT2D eigenvalue weighted by Crippen LogP contribution is 2.38.